The molecule has 0 saturated heterocycles. The summed E-state index contributed by atoms with van der Waals surface area (Å²) in [5.74, 6) is 0. The van der Waals surface area contributed by atoms with Gasteiger partial charge in [-0.25, -0.2) is 0 Å². The molecular formula is C10H13B. The average Bonchev–Trinajstić information content (AvgIpc) is 2.06. The molecule has 0 N–H and O–H groups in total. The van der Waals surface area contributed by atoms with Crippen molar-refractivity contribution in [3.8, 4) is 0 Å². The Morgan fingerprint density at radius 3 is 2.27 bits per heavy atom. The molecule has 0 spiro atoms. The summed E-state index contributed by atoms with van der Waals surface area (Å²) in [6.45, 7) is 4.16. The zero-order chi connectivity index (χ0) is 8.32. The van der Waals surface area contributed by atoms with Crippen LogP contribution in [0, 0.1) is 0 Å². The number of rotatable bonds is 2. The molecule has 0 saturated carbocycles. The Kier molecular flexibility index (Phi) is 2.38. The molecular weight excluding hydrogens is 131 g/mol. The Bertz CT molecular complexity index is 214. The summed E-state index contributed by atoms with van der Waals surface area (Å²) in [5, 5.41) is -0.165. The van der Waals surface area contributed by atoms with E-state index in [0.717, 1.165) is 6.42 Å². The highest BCUT2D eigenvalue weighted by molar-refractivity contribution is 6.15. The second kappa shape index (κ2) is 3.12. The molecule has 0 aliphatic carbocycles. The van der Waals surface area contributed by atoms with Gasteiger partial charge in [-0.2, -0.15) is 0 Å². The lowest BCUT2D eigenvalue weighted by atomic mass is 9.64. The van der Waals surface area contributed by atoms with Crippen molar-refractivity contribution in [1.82, 2.24) is 0 Å². The molecule has 1 aromatic rings. The summed E-state index contributed by atoms with van der Waals surface area (Å²) < 4.78 is 0. The molecule has 0 aliphatic rings. The largest absolute Gasteiger partial charge is 0.0806 e. The van der Waals surface area contributed by atoms with Crippen LogP contribution in [-0.4, -0.2) is 7.85 Å². The van der Waals surface area contributed by atoms with E-state index in [1.54, 1.807) is 0 Å². The molecule has 0 bridgehead atoms. The Balaban J connectivity index is 2.93. The normalized spacial score (nSPS) is 15.8. The van der Waals surface area contributed by atoms with Gasteiger partial charge >= 0.3 is 0 Å². The quantitative estimate of drug-likeness (QED) is 0.559. The fourth-order valence-electron chi connectivity index (χ4n) is 1.02. The first-order chi connectivity index (χ1) is 5.17. The van der Waals surface area contributed by atoms with E-state index in [-0.39, 0.29) is 5.31 Å². The van der Waals surface area contributed by atoms with Crippen LogP contribution in [0.1, 0.15) is 25.8 Å². The van der Waals surface area contributed by atoms with Crippen LogP contribution in [0.4, 0.5) is 0 Å². The van der Waals surface area contributed by atoms with E-state index in [1.165, 1.54) is 5.56 Å². The topological polar surface area (TPSA) is 0 Å². The first-order valence-electron chi connectivity index (χ1n) is 4.01. The lowest BCUT2D eigenvalue weighted by molar-refractivity contribution is 0.649. The molecule has 1 heteroatoms. The molecule has 11 heavy (non-hydrogen) atoms. The van der Waals surface area contributed by atoms with Crippen LogP contribution in [0.2, 0.25) is 0 Å². The molecule has 0 fully saturated rings. The predicted octanol–water partition coefficient (Wildman–Crippen LogP) is 2.48. The average molecular weight is 144 g/mol. The highest BCUT2D eigenvalue weighted by atomic mass is 14.1. The van der Waals surface area contributed by atoms with Crippen molar-refractivity contribution >= 4 is 7.85 Å². The summed E-state index contributed by atoms with van der Waals surface area (Å²) in [4.78, 5) is 0. The SMILES string of the molecule is [B]C(C)(CC)c1ccccc1. The summed E-state index contributed by atoms with van der Waals surface area (Å²) in [7, 11) is 6.04. The fourth-order valence-corrected chi connectivity index (χ4v) is 1.02. The van der Waals surface area contributed by atoms with E-state index < -0.39 is 0 Å². The van der Waals surface area contributed by atoms with Crippen LogP contribution >= 0.6 is 0 Å². The zero-order valence-corrected chi connectivity index (χ0v) is 7.17. The Hall–Kier alpha value is -0.715. The van der Waals surface area contributed by atoms with Crippen molar-refractivity contribution in [1.29, 1.82) is 0 Å². The Morgan fingerprint density at radius 2 is 1.82 bits per heavy atom. The van der Waals surface area contributed by atoms with Crippen LogP contribution in [-0.2, 0) is 5.31 Å². The standard InChI is InChI=1S/C10H13B/c1-3-10(2,11)9-7-5-4-6-8-9/h4-8H,3H2,1-2H3. The van der Waals surface area contributed by atoms with Crippen LogP contribution in [0.5, 0.6) is 0 Å². The molecule has 0 aromatic heterocycles. The molecule has 56 valence electrons. The summed E-state index contributed by atoms with van der Waals surface area (Å²) in [5.41, 5.74) is 1.21. The van der Waals surface area contributed by atoms with Gasteiger partial charge < -0.3 is 0 Å². The maximum atomic E-state index is 6.04. The fraction of sp³-hybridized carbons (Fsp3) is 0.400. The molecule has 1 atom stereocenters. The van der Waals surface area contributed by atoms with Crippen molar-refractivity contribution in [2.45, 2.75) is 25.6 Å². The van der Waals surface area contributed by atoms with Gasteiger partial charge in [0.2, 0.25) is 0 Å². The second-order valence-electron chi connectivity index (χ2n) is 3.14. The van der Waals surface area contributed by atoms with Gasteiger partial charge in [-0.05, 0) is 5.31 Å². The molecule has 1 aromatic carbocycles. The third-order valence-corrected chi connectivity index (χ3v) is 2.17. The van der Waals surface area contributed by atoms with Gasteiger partial charge in [0.05, 0.1) is 7.85 Å². The second-order valence-corrected chi connectivity index (χ2v) is 3.14. The number of hydrogen-bond acceptors (Lipinski definition) is 0. The van der Waals surface area contributed by atoms with Gasteiger partial charge in [0.15, 0.2) is 0 Å². The molecule has 1 rings (SSSR count). The highest BCUT2D eigenvalue weighted by Gasteiger charge is 2.15. The summed E-state index contributed by atoms with van der Waals surface area (Å²) in [6.07, 6.45) is 0.969. The summed E-state index contributed by atoms with van der Waals surface area (Å²) >= 11 is 0. The summed E-state index contributed by atoms with van der Waals surface area (Å²) in [6, 6.07) is 10.2. The van der Waals surface area contributed by atoms with Crippen molar-refractivity contribution in [3.05, 3.63) is 35.9 Å². The maximum absolute atomic E-state index is 6.04. The van der Waals surface area contributed by atoms with Gasteiger partial charge in [-0.15, -0.1) is 0 Å². The zero-order valence-electron chi connectivity index (χ0n) is 7.17. The van der Waals surface area contributed by atoms with Crippen molar-refractivity contribution in [2.24, 2.45) is 0 Å². The molecule has 0 nitrogen and oxygen atoms in total. The van der Waals surface area contributed by atoms with E-state index >= 15 is 0 Å². The minimum atomic E-state index is -0.165. The smallest absolute Gasteiger partial charge is 0.0653 e. The lowest BCUT2D eigenvalue weighted by Crippen LogP contribution is -2.20. The predicted molar refractivity (Wildman–Crippen MR) is 49.8 cm³/mol. The van der Waals surface area contributed by atoms with Gasteiger partial charge in [-0.3, -0.25) is 0 Å². The first kappa shape index (κ1) is 8.38. The molecule has 0 amide bonds. The Morgan fingerprint density at radius 1 is 1.27 bits per heavy atom. The van der Waals surface area contributed by atoms with Crippen molar-refractivity contribution in [2.75, 3.05) is 0 Å². The van der Waals surface area contributed by atoms with Crippen LogP contribution < -0.4 is 0 Å². The monoisotopic (exact) mass is 144 g/mol. The van der Waals surface area contributed by atoms with Gasteiger partial charge in [0, 0.05) is 0 Å². The van der Waals surface area contributed by atoms with Crippen LogP contribution in [0.25, 0.3) is 0 Å². The van der Waals surface area contributed by atoms with Crippen LogP contribution in [0.3, 0.4) is 0 Å². The molecule has 1 unspecified atom stereocenters. The lowest BCUT2D eigenvalue weighted by Gasteiger charge is -2.23. The van der Waals surface area contributed by atoms with E-state index in [0.29, 0.717) is 0 Å². The number of hydrogen-bond donors (Lipinski definition) is 0. The Labute approximate surface area is 70.0 Å². The van der Waals surface area contributed by atoms with Gasteiger partial charge in [0.25, 0.3) is 0 Å². The molecule has 0 aliphatic heterocycles. The molecule has 0 heterocycles. The highest BCUT2D eigenvalue weighted by Crippen LogP contribution is 2.22. The molecule has 2 radical (unpaired) electrons. The number of benzene rings is 1. The van der Waals surface area contributed by atoms with E-state index in [2.05, 4.69) is 26.0 Å². The minimum Gasteiger partial charge on any atom is -0.0653 e. The first-order valence-corrected chi connectivity index (χ1v) is 4.01. The van der Waals surface area contributed by atoms with Crippen LogP contribution in [0.15, 0.2) is 30.3 Å². The van der Waals surface area contributed by atoms with Crippen molar-refractivity contribution < 1.29 is 0 Å². The third kappa shape index (κ3) is 1.86. The van der Waals surface area contributed by atoms with Gasteiger partial charge in [-0.1, -0.05) is 56.2 Å². The van der Waals surface area contributed by atoms with E-state index in [9.17, 15) is 0 Å². The third-order valence-electron chi connectivity index (χ3n) is 2.17. The maximum Gasteiger partial charge on any atom is 0.0806 e. The van der Waals surface area contributed by atoms with E-state index in [1.807, 2.05) is 18.2 Å². The van der Waals surface area contributed by atoms with Gasteiger partial charge in [0.1, 0.15) is 0 Å². The van der Waals surface area contributed by atoms with Crippen molar-refractivity contribution in [3.63, 3.8) is 0 Å². The van der Waals surface area contributed by atoms with E-state index in [4.69, 9.17) is 7.85 Å². The minimum absolute atomic E-state index is 0.165.